The lowest BCUT2D eigenvalue weighted by atomic mass is 9.82. The number of hydrogen-bond donors (Lipinski definition) is 1. The predicted molar refractivity (Wildman–Crippen MR) is 312 cm³/mol. The molecule has 2 fully saturated rings. The molecule has 10 atom stereocenters. The summed E-state index contributed by atoms with van der Waals surface area (Å²) >= 11 is 0. The lowest BCUT2D eigenvalue weighted by Crippen LogP contribution is -2.49. The fraction of sp³-hybridized carbons (Fsp3) is 0.547. The van der Waals surface area contributed by atoms with Crippen LogP contribution in [-0.4, -0.2) is 118 Å². The maximum absolute atomic E-state index is 13.2. The van der Waals surface area contributed by atoms with E-state index in [2.05, 4.69) is 130 Å². The van der Waals surface area contributed by atoms with E-state index in [1.165, 1.54) is 20.9 Å². The molecule has 0 saturated carbocycles. The van der Waals surface area contributed by atoms with Gasteiger partial charge in [-0.05, 0) is 127 Å². The summed E-state index contributed by atoms with van der Waals surface area (Å²) in [4.78, 5) is 67.1. The molecule has 2 saturated heterocycles. The van der Waals surface area contributed by atoms with Crippen molar-refractivity contribution in [1.29, 1.82) is 0 Å². The Labute approximate surface area is 467 Å². The average Bonchev–Trinajstić information content (AvgIpc) is 4.04. The number of hydrogen-bond acceptors (Lipinski definition) is 10. The fourth-order valence-electron chi connectivity index (χ4n) is 11.5. The summed E-state index contributed by atoms with van der Waals surface area (Å²) in [5.74, 6) is 0.00364. The number of amides is 4. The molecule has 0 spiro atoms. The number of aldehydes is 1. The summed E-state index contributed by atoms with van der Waals surface area (Å²) < 4.78 is 26.9. The van der Waals surface area contributed by atoms with E-state index in [0.29, 0.717) is 53.9 Å². The van der Waals surface area contributed by atoms with Crippen molar-refractivity contribution in [2.24, 2.45) is 23.7 Å². The van der Waals surface area contributed by atoms with Crippen molar-refractivity contribution in [3.63, 3.8) is 0 Å². The summed E-state index contributed by atoms with van der Waals surface area (Å²) in [7, 11) is -4.44. The highest BCUT2D eigenvalue weighted by Gasteiger charge is 2.48. The van der Waals surface area contributed by atoms with Crippen LogP contribution < -0.4 is 0 Å². The number of rotatable bonds is 22. The number of carbonyl (C=O) groups is 5. The number of aliphatic hydroxyl groups is 1. The Morgan fingerprint density at radius 2 is 0.859 bits per heavy atom. The molecule has 8 rings (SSSR count). The number of nitrogens with zero attached hydrogens (tertiary/aromatic N) is 2. The van der Waals surface area contributed by atoms with Gasteiger partial charge < -0.3 is 28.2 Å². The molecule has 4 aromatic carbocycles. The molecular formula is C64H88N2O10Si2. The molecule has 6 unspecified atom stereocenters. The lowest BCUT2D eigenvalue weighted by Gasteiger charge is -2.40. The Morgan fingerprint density at radius 1 is 0.526 bits per heavy atom. The molecule has 4 aliphatic heterocycles. The SMILES string of the molecule is C[C@H]1C(CC(CN2C(=O)c3ccccc3C2=O)O[Si](C)(C)C(C)(C)C)O[C@@H](CC=O)C1CCc1ccccc1.C[C@H]1C(CC(CN2C(=O)c3ccccc3C2=O)O[Si](C)(C)C(C)(C)C)O[C@@H](CCO)C1CCc1ccccc1. The number of imide groups is 2. The molecular weight excluding hydrogens is 1010 g/mol. The molecule has 4 amide bonds. The molecule has 4 heterocycles. The second kappa shape index (κ2) is 25.7. The predicted octanol–water partition coefficient (Wildman–Crippen LogP) is 12.4. The van der Waals surface area contributed by atoms with E-state index in [1.54, 1.807) is 48.5 Å². The highest BCUT2D eigenvalue weighted by molar-refractivity contribution is 6.74. The van der Waals surface area contributed by atoms with Gasteiger partial charge in [0, 0.05) is 25.9 Å². The summed E-state index contributed by atoms with van der Waals surface area (Å²) in [5.41, 5.74) is 4.41. The molecule has 12 nitrogen and oxygen atoms in total. The normalized spacial score (nSPS) is 24.3. The van der Waals surface area contributed by atoms with Crippen LogP contribution in [0.4, 0.5) is 0 Å². The van der Waals surface area contributed by atoms with Gasteiger partial charge in [0.2, 0.25) is 0 Å². The monoisotopic (exact) mass is 1100 g/mol. The van der Waals surface area contributed by atoms with Crippen molar-refractivity contribution in [3.05, 3.63) is 143 Å². The van der Waals surface area contributed by atoms with Crippen LogP contribution in [0.1, 0.15) is 146 Å². The van der Waals surface area contributed by atoms with Gasteiger partial charge in [-0.15, -0.1) is 0 Å². The van der Waals surface area contributed by atoms with E-state index in [1.807, 2.05) is 12.1 Å². The lowest BCUT2D eigenvalue weighted by molar-refractivity contribution is -0.111. The number of ether oxygens (including phenoxy) is 2. The number of fused-ring (bicyclic) bond motifs is 2. The van der Waals surface area contributed by atoms with Gasteiger partial charge >= 0.3 is 0 Å². The van der Waals surface area contributed by atoms with Crippen LogP contribution in [0.15, 0.2) is 109 Å². The minimum Gasteiger partial charge on any atom is -0.412 e. The molecule has 4 aromatic rings. The molecule has 4 aliphatic rings. The first-order valence-corrected chi connectivity index (χ1v) is 34.4. The van der Waals surface area contributed by atoms with Gasteiger partial charge in [-0.25, -0.2) is 0 Å². The van der Waals surface area contributed by atoms with Gasteiger partial charge in [-0.2, -0.15) is 0 Å². The fourth-order valence-corrected chi connectivity index (χ4v) is 14.2. The Balaban J connectivity index is 0.000000226. The molecule has 0 radical (unpaired) electrons. The first-order valence-electron chi connectivity index (χ1n) is 28.5. The average molecular weight is 1100 g/mol. The second-order valence-electron chi connectivity index (χ2n) is 25.4. The smallest absolute Gasteiger partial charge is 0.261 e. The van der Waals surface area contributed by atoms with Crippen molar-refractivity contribution in [2.45, 2.75) is 180 Å². The van der Waals surface area contributed by atoms with Gasteiger partial charge in [0.25, 0.3) is 23.6 Å². The number of aryl methyl sites for hydroxylation is 2. The van der Waals surface area contributed by atoms with Gasteiger partial charge in [0.1, 0.15) is 6.29 Å². The van der Waals surface area contributed by atoms with Crippen LogP contribution in [0.3, 0.4) is 0 Å². The van der Waals surface area contributed by atoms with Crippen LogP contribution in [0.25, 0.3) is 0 Å². The zero-order valence-electron chi connectivity index (χ0n) is 48.5. The molecule has 422 valence electrons. The topological polar surface area (TPSA) is 149 Å². The third-order valence-corrected chi connectivity index (χ3v) is 27.3. The summed E-state index contributed by atoms with van der Waals surface area (Å²) in [5, 5.41) is 9.72. The number of benzene rings is 4. The van der Waals surface area contributed by atoms with Crippen molar-refractivity contribution >= 4 is 46.5 Å². The zero-order chi connectivity index (χ0) is 56.7. The van der Waals surface area contributed by atoms with Crippen molar-refractivity contribution in [2.75, 3.05) is 19.7 Å². The zero-order valence-corrected chi connectivity index (χ0v) is 50.5. The highest BCUT2D eigenvalue weighted by Crippen LogP contribution is 2.44. The maximum Gasteiger partial charge on any atom is 0.261 e. The Kier molecular flexibility index (Phi) is 20.0. The third-order valence-electron chi connectivity index (χ3n) is 18.2. The molecule has 0 bridgehead atoms. The van der Waals surface area contributed by atoms with E-state index in [4.69, 9.17) is 18.3 Å². The standard InChI is InChI=1S/C32H45NO5Si.C32H43NO5Si/c2*1-22-25(17-16-23-12-8-7-9-13-23)28(18-19-34)37-29(22)20-24(38-39(5,6)32(2,3)4)21-33-30(35)26-14-10-11-15-27(26)31(33)36/h7-15,22,24-25,28-29,34H,16-21H2,1-6H3;7-15,19,22,24-25,28-29H,16-18,20-21H2,1-6H3/t2*22-,24?,25?,28+,29?/m11/s1. The molecule has 0 aromatic heterocycles. The van der Waals surface area contributed by atoms with Crippen LogP contribution in [0.2, 0.25) is 36.3 Å². The first-order chi connectivity index (χ1) is 36.8. The molecule has 1 N–H and O–H groups in total. The summed E-state index contributed by atoms with van der Waals surface area (Å²) in [6, 6.07) is 34.9. The summed E-state index contributed by atoms with van der Waals surface area (Å²) in [6.07, 6.45) is 5.87. The largest absolute Gasteiger partial charge is 0.412 e. The minimum atomic E-state index is -2.23. The van der Waals surface area contributed by atoms with E-state index in [9.17, 15) is 29.1 Å². The Hall–Kier alpha value is -4.94. The van der Waals surface area contributed by atoms with Crippen molar-refractivity contribution in [3.8, 4) is 0 Å². The Morgan fingerprint density at radius 3 is 1.19 bits per heavy atom. The van der Waals surface area contributed by atoms with Crippen LogP contribution in [0.5, 0.6) is 0 Å². The number of carbonyl (C=O) groups excluding carboxylic acids is 5. The Bertz CT molecular complexity index is 2620. The molecule has 78 heavy (non-hydrogen) atoms. The van der Waals surface area contributed by atoms with Crippen LogP contribution in [0, 0.1) is 23.7 Å². The van der Waals surface area contributed by atoms with Crippen LogP contribution >= 0.6 is 0 Å². The van der Waals surface area contributed by atoms with Gasteiger partial charge in [0.05, 0.1) is 72.0 Å². The molecule has 0 aliphatic carbocycles. The van der Waals surface area contributed by atoms with Gasteiger partial charge in [0.15, 0.2) is 16.6 Å². The third kappa shape index (κ3) is 14.1. The second-order valence-corrected chi connectivity index (χ2v) is 35.0. The van der Waals surface area contributed by atoms with Crippen molar-refractivity contribution in [1.82, 2.24) is 9.80 Å². The minimum absolute atomic E-state index is 0.0208. The van der Waals surface area contributed by atoms with Gasteiger partial charge in [-0.3, -0.25) is 29.0 Å². The van der Waals surface area contributed by atoms with E-state index >= 15 is 0 Å². The van der Waals surface area contributed by atoms with E-state index < -0.39 is 16.6 Å². The van der Waals surface area contributed by atoms with E-state index in [0.717, 1.165) is 32.0 Å². The van der Waals surface area contributed by atoms with Crippen LogP contribution in [-0.2, 0) is 36.0 Å². The first kappa shape index (κ1) is 60.7. The quantitative estimate of drug-likeness (QED) is 0.0458. The van der Waals surface area contributed by atoms with E-state index in [-0.39, 0.29) is 108 Å². The van der Waals surface area contributed by atoms with Gasteiger partial charge in [-0.1, -0.05) is 140 Å². The summed E-state index contributed by atoms with van der Waals surface area (Å²) in [6.45, 7) is 26.9. The number of aliphatic hydroxyl groups excluding tert-OH is 1. The maximum atomic E-state index is 13.2. The molecule has 14 heteroatoms. The van der Waals surface area contributed by atoms with Crippen molar-refractivity contribution < 1.29 is 47.4 Å². The highest BCUT2D eigenvalue weighted by atomic mass is 28.4.